The summed E-state index contributed by atoms with van der Waals surface area (Å²) in [6.07, 6.45) is 4.57. The van der Waals surface area contributed by atoms with Gasteiger partial charge in [-0.25, -0.2) is 4.68 Å². The van der Waals surface area contributed by atoms with Crippen molar-refractivity contribution in [2.45, 2.75) is 31.7 Å². The first-order chi connectivity index (χ1) is 9.74. The molecule has 0 aliphatic heterocycles. The van der Waals surface area contributed by atoms with Gasteiger partial charge in [-0.1, -0.05) is 25.0 Å². The summed E-state index contributed by atoms with van der Waals surface area (Å²) in [6.45, 7) is 0. The van der Waals surface area contributed by atoms with E-state index in [2.05, 4.69) is 20.8 Å². The smallest absolute Gasteiger partial charge is 0.251 e. The van der Waals surface area contributed by atoms with E-state index >= 15 is 0 Å². The second-order valence-corrected chi connectivity index (χ2v) is 5.16. The second-order valence-electron chi connectivity index (χ2n) is 5.16. The van der Waals surface area contributed by atoms with Crippen LogP contribution >= 0.6 is 0 Å². The molecule has 2 aromatic rings. The Morgan fingerprint density at radius 1 is 1.35 bits per heavy atom. The zero-order valence-corrected chi connectivity index (χ0v) is 11.4. The van der Waals surface area contributed by atoms with Gasteiger partial charge in [-0.2, -0.15) is 0 Å². The van der Waals surface area contributed by atoms with E-state index in [1.165, 1.54) is 12.8 Å². The Balaban J connectivity index is 1.80. The van der Waals surface area contributed by atoms with Crippen LogP contribution in [0.2, 0.25) is 0 Å². The molecule has 1 amide bonds. The van der Waals surface area contributed by atoms with Crippen molar-refractivity contribution >= 4 is 5.91 Å². The standard InChI is InChI=1S/C14H17N5O/c1-19-13(16-17-18-19)10-5-4-6-11(9-10)14(20)15-12-7-2-3-8-12/h4-6,9,12H,2-3,7-8H2,1H3,(H,15,20). The minimum atomic E-state index is -0.0196. The van der Waals surface area contributed by atoms with Crippen LogP contribution in [0.1, 0.15) is 36.0 Å². The Labute approximate surface area is 117 Å². The average Bonchev–Trinajstić information content (AvgIpc) is 3.10. The van der Waals surface area contributed by atoms with Gasteiger partial charge in [0.15, 0.2) is 5.82 Å². The lowest BCUT2D eigenvalue weighted by atomic mass is 10.1. The number of hydrogen-bond acceptors (Lipinski definition) is 4. The van der Waals surface area contributed by atoms with Gasteiger partial charge in [-0.3, -0.25) is 4.79 Å². The third-order valence-corrected chi connectivity index (χ3v) is 3.69. The minimum Gasteiger partial charge on any atom is -0.349 e. The number of aryl methyl sites for hydroxylation is 1. The van der Waals surface area contributed by atoms with Crippen molar-refractivity contribution in [3.63, 3.8) is 0 Å². The number of nitrogens with one attached hydrogen (secondary N) is 1. The van der Waals surface area contributed by atoms with Crippen molar-refractivity contribution in [2.24, 2.45) is 7.05 Å². The highest BCUT2D eigenvalue weighted by atomic mass is 16.1. The molecule has 0 radical (unpaired) electrons. The Hall–Kier alpha value is -2.24. The van der Waals surface area contributed by atoms with E-state index in [4.69, 9.17) is 0 Å². The molecule has 1 aliphatic rings. The fraction of sp³-hybridized carbons (Fsp3) is 0.429. The van der Waals surface area contributed by atoms with Gasteiger partial charge in [0.2, 0.25) is 0 Å². The number of carbonyl (C=O) groups excluding carboxylic acids is 1. The molecule has 0 bridgehead atoms. The predicted octanol–water partition coefficient (Wildman–Crippen LogP) is 1.55. The van der Waals surface area contributed by atoms with Gasteiger partial charge >= 0.3 is 0 Å². The molecule has 1 saturated carbocycles. The van der Waals surface area contributed by atoms with E-state index < -0.39 is 0 Å². The van der Waals surface area contributed by atoms with E-state index in [0.717, 1.165) is 18.4 Å². The van der Waals surface area contributed by atoms with E-state index in [9.17, 15) is 4.79 Å². The first kappa shape index (κ1) is 12.8. The number of hydrogen-bond donors (Lipinski definition) is 1. The summed E-state index contributed by atoms with van der Waals surface area (Å²) in [7, 11) is 1.78. The van der Waals surface area contributed by atoms with Crippen molar-refractivity contribution in [3.8, 4) is 11.4 Å². The van der Waals surface area contributed by atoms with Crippen LogP contribution < -0.4 is 5.32 Å². The molecule has 1 aromatic heterocycles. The second kappa shape index (κ2) is 5.40. The largest absolute Gasteiger partial charge is 0.349 e. The molecule has 1 aromatic carbocycles. The molecule has 104 valence electrons. The van der Waals surface area contributed by atoms with E-state index in [-0.39, 0.29) is 5.91 Å². The Morgan fingerprint density at radius 2 is 2.15 bits per heavy atom. The van der Waals surface area contributed by atoms with Crippen LogP contribution in [0, 0.1) is 0 Å². The normalized spacial score (nSPS) is 15.4. The highest BCUT2D eigenvalue weighted by Gasteiger charge is 2.18. The zero-order valence-electron chi connectivity index (χ0n) is 11.4. The number of amides is 1. The molecule has 6 nitrogen and oxygen atoms in total. The van der Waals surface area contributed by atoms with Gasteiger partial charge in [-0.05, 0) is 35.4 Å². The third kappa shape index (κ3) is 2.54. The van der Waals surface area contributed by atoms with Crippen molar-refractivity contribution < 1.29 is 4.79 Å². The molecule has 1 heterocycles. The van der Waals surface area contributed by atoms with Gasteiger partial charge in [-0.15, -0.1) is 5.10 Å². The van der Waals surface area contributed by atoms with Crippen LogP contribution in [0.3, 0.4) is 0 Å². The SMILES string of the molecule is Cn1nnnc1-c1cccc(C(=O)NC2CCCC2)c1. The van der Waals surface area contributed by atoms with Gasteiger partial charge in [0, 0.05) is 24.2 Å². The summed E-state index contributed by atoms with van der Waals surface area (Å²) in [6, 6.07) is 7.72. The van der Waals surface area contributed by atoms with E-state index in [1.807, 2.05) is 24.3 Å². The minimum absolute atomic E-state index is 0.0196. The molecule has 1 N–H and O–H groups in total. The van der Waals surface area contributed by atoms with E-state index in [1.54, 1.807) is 11.7 Å². The number of nitrogens with zero attached hydrogens (tertiary/aromatic N) is 4. The van der Waals surface area contributed by atoms with Gasteiger partial charge < -0.3 is 5.32 Å². The Kier molecular flexibility index (Phi) is 3.45. The molecule has 6 heteroatoms. The highest BCUT2D eigenvalue weighted by molar-refractivity contribution is 5.95. The summed E-state index contributed by atoms with van der Waals surface area (Å²) in [4.78, 5) is 12.2. The summed E-state index contributed by atoms with van der Waals surface area (Å²) in [5.41, 5.74) is 1.49. The molecular weight excluding hydrogens is 254 g/mol. The summed E-state index contributed by atoms with van der Waals surface area (Å²) in [5, 5.41) is 14.5. The number of tetrazole rings is 1. The monoisotopic (exact) mass is 271 g/mol. The molecular formula is C14H17N5O. The van der Waals surface area contributed by atoms with Crippen LogP contribution in [0.5, 0.6) is 0 Å². The van der Waals surface area contributed by atoms with Crippen LogP contribution in [0.25, 0.3) is 11.4 Å². The van der Waals surface area contributed by atoms with Gasteiger partial charge in [0.25, 0.3) is 5.91 Å². The number of rotatable bonds is 3. The summed E-state index contributed by atoms with van der Waals surface area (Å²) >= 11 is 0. The maximum Gasteiger partial charge on any atom is 0.251 e. The van der Waals surface area contributed by atoms with Gasteiger partial charge in [0.1, 0.15) is 0 Å². The average molecular weight is 271 g/mol. The van der Waals surface area contributed by atoms with Crippen molar-refractivity contribution in [2.75, 3.05) is 0 Å². The van der Waals surface area contributed by atoms with Crippen molar-refractivity contribution in [1.82, 2.24) is 25.5 Å². The lowest BCUT2D eigenvalue weighted by Crippen LogP contribution is -2.32. The first-order valence-corrected chi connectivity index (χ1v) is 6.88. The maximum atomic E-state index is 12.2. The van der Waals surface area contributed by atoms with Gasteiger partial charge in [0.05, 0.1) is 0 Å². The summed E-state index contributed by atoms with van der Waals surface area (Å²) in [5.74, 6) is 0.634. The van der Waals surface area contributed by atoms with Crippen molar-refractivity contribution in [3.05, 3.63) is 29.8 Å². The molecule has 0 spiro atoms. The fourth-order valence-electron chi connectivity index (χ4n) is 2.61. The summed E-state index contributed by atoms with van der Waals surface area (Å²) < 4.78 is 1.59. The predicted molar refractivity (Wildman–Crippen MR) is 74.0 cm³/mol. The van der Waals surface area contributed by atoms with Crippen LogP contribution in [-0.4, -0.2) is 32.2 Å². The van der Waals surface area contributed by atoms with E-state index in [0.29, 0.717) is 17.4 Å². The number of carbonyl (C=O) groups is 1. The molecule has 0 unspecified atom stereocenters. The quantitative estimate of drug-likeness (QED) is 0.919. The lowest BCUT2D eigenvalue weighted by Gasteiger charge is -2.12. The van der Waals surface area contributed by atoms with Crippen LogP contribution in [0.15, 0.2) is 24.3 Å². The molecule has 0 atom stereocenters. The third-order valence-electron chi connectivity index (χ3n) is 3.69. The van der Waals surface area contributed by atoms with Crippen LogP contribution in [-0.2, 0) is 7.05 Å². The lowest BCUT2D eigenvalue weighted by molar-refractivity contribution is 0.0938. The molecule has 20 heavy (non-hydrogen) atoms. The molecule has 3 rings (SSSR count). The highest BCUT2D eigenvalue weighted by Crippen LogP contribution is 2.20. The maximum absolute atomic E-state index is 12.2. The Bertz CT molecular complexity index is 616. The topological polar surface area (TPSA) is 72.7 Å². The molecule has 1 fully saturated rings. The molecule has 1 aliphatic carbocycles. The first-order valence-electron chi connectivity index (χ1n) is 6.88. The Morgan fingerprint density at radius 3 is 2.85 bits per heavy atom. The number of aromatic nitrogens is 4. The molecule has 0 saturated heterocycles. The zero-order chi connectivity index (χ0) is 13.9. The fourth-order valence-corrected chi connectivity index (χ4v) is 2.61. The van der Waals surface area contributed by atoms with Crippen LogP contribution in [0.4, 0.5) is 0 Å². The van der Waals surface area contributed by atoms with Crippen molar-refractivity contribution in [1.29, 1.82) is 0 Å². The number of benzene rings is 1.